The van der Waals surface area contributed by atoms with Gasteiger partial charge in [-0.25, -0.2) is 14.4 Å². The van der Waals surface area contributed by atoms with Crippen LogP contribution >= 0.6 is 0 Å². The van der Waals surface area contributed by atoms with E-state index >= 15 is 0 Å². The van der Waals surface area contributed by atoms with Crippen LogP contribution < -0.4 is 5.32 Å². The third-order valence-corrected chi connectivity index (χ3v) is 8.22. The molecule has 2 unspecified atom stereocenters. The van der Waals surface area contributed by atoms with Crippen molar-refractivity contribution in [1.29, 1.82) is 0 Å². The molecule has 8 heteroatoms. The number of carboxylic acid groups (broad SMARTS) is 1. The summed E-state index contributed by atoms with van der Waals surface area (Å²) in [7, 11) is 0. The summed E-state index contributed by atoms with van der Waals surface area (Å²) in [5, 5.41) is 27.7. The average Bonchev–Trinajstić information content (AvgIpc) is 3.07. The zero-order valence-electron chi connectivity index (χ0n) is 26.8. The van der Waals surface area contributed by atoms with E-state index in [-0.39, 0.29) is 25.5 Å². The minimum Gasteiger partial charge on any atom is -0.479 e. The Morgan fingerprint density at radius 1 is 0.787 bits per heavy atom. The molecule has 5 rings (SSSR count). The topological polar surface area (TPSA) is 116 Å². The number of ether oxygens (including phenoxy) is 1. The van der Waals surface area contributed by atoms with Crippen molar-refractivity contribution < 1.29 is 29.3 Å². The fourth-order valence-corrected chi connectivity index (χ4v) is 6.07. The van der Waals surface area contributed by atoms with Crippen molar-refractivity contribution in [3.05, 3.63) is 120 Å². The molecule has 0 spiro atoms. The normalized spacial score (nSPS) is 13.2. The molecule has 5 aromatic carbocycles. The van der Waals surface area contributed by atoms with Crippen LogP contribution in [0.1, 0.15) is 37.9 Å². The van der Waals surface area contributed by atoms with Gasteiger partial charge >= 0.3 is 18.0 Å². The number of amides is 2. The molecule has 0 fully saturated rings. The molecule has 0 heterocycles. The third kappa shape index (κ3) is 7.61. The number of nitrogens with zero attached hydrogens (tertiary/aromatic N) is 1. The lowest BCUT2D eigenvalue weighted by molar-refractivity contribution is -0.150. The SMILES string of the molecule is CCOC(=O)[C@H](Cc1ccc(-c2cccc3ccccc23)cc1)NC(=O)N(CC(C)C)C(c1cccc2ccccc12)C(O)C(=O)O. The summed E-state index contributed by atoms with van der Waals surface area (Å²) in [6.07, 6.45) is -1.77. The van der Waals surface area contributed by atoms with Crippen molar-refractivity contribution in [2.24, 2.45) is 5.92 Å². The van der Waals surface area contributed by atoms with E-state index in [0.29, 0.717) is 5.56 Å². The number of carbonyl (C=O) groups excluding carboxylic acids is 2. The summed E-state index contributed by atoms with van der Waals surface area (Å²) in [5.41, 5.74) is 3.40. The number of aliphatic carboxylic acids is 1. The highest BCUT2D eigenvalue weighted by atomic mass is 16.5. The van der Waals surface area contributed by atoms with Gasteiger partial charge in [-0.15, -0.1) is 0 Å². The molecule has 0 aliphatic carbocycles. The molecular formula is C39H40N2O6. The van der Waals surface area contributed by atoms with Gasteiger partial charge in [0.25, 0.3) is 0 Å². The number of carbonyl (C=O) groups is 3. The lowest BCUT2D eigenvalue weighted by Crippen LogP contribution is -2.53. The van der Waals surface area contributed by atoms with Crippen molar-refractivity contribution in [3.63, 3.8) is 0 Å². The molecule has 47 heavy (non-hydrogen) atoms. The van der Waals surface area contributed by atoms with E-state index in [1.54, 1.807) is 19.1 Å². The first kappa shape index (κ1) is 33.2. The Labute approximate surface area is 274 Å². The van der Waals surface area contributed by atoms with E-state index in [1.165, 1.54) is 4.90 Å². The third-order valence-electron chi connectivity index (χ3n) is 8.22. The van der Waals surface area contributed by atoms with E-state index in [4.69, 9.17) is 4.74 Å². The Morgan fingerprint density at radius 2 is 1.38 bits per heavy atom. The molecule has 0 saturated heterocycles. The second kappa shape index (κ2) is 14.9. The number of nitrogens with one attached hydrogen (secondary N) is 1. The van der Waals surface area contributed by atoms with Gasteiger partial charge < -0.3 is 25.2 Å². The van der Waals surface area contributed by atoms with Crippen LogP contribution in [0.15, 0.2) is 109 Å². The minimum atomic E-state index is -1.92. The van der Waals surface area contributed by atoms with Crippen LogP contribution in [0, 0.1) is 5.92 Å². The standard InChI is InChI=1S/C39H40N2O6/c1-4-47-38(45)34(23-26-19-21-29(22-20-26)31-17-9-13-27-11-5-7-15-30(27)31)40-39(46)41(24-25(2)3)35(36(42)37(43)44)33-18-10-14-28-12-6-8-16-32(28)33/h5-22,25,34-36,42H,4,23-24H2,1-3H3,(H,40,46)(H,43,44)/t34-,35?,36?/m0/s1. The zero-order valence-corrected chi connectivity index (χ0v) is 26.8. The number of fused-ring (bicyclic) bond motifs is 2. The van der Waals surface area contributed by atoms with E-state index < -0.39 is 36.2 Å². The van der Waals surface area contributed by atoms with Crippen LogP contribution in [0.3, 0.4) is 0 Å². The van der Waals surface area contributed by atoms with Crippen molar-refractivity contribution in [2.75, 3.05) is 13.2 Å². The molecule has 0 aliphatic rings. The van der Waals surface area contributed by atoms with E-state index in [0.717, 1.165) is 38.2 Å². The number of esters is 1. The van der Waals surface area contributed by atoms with Gasteiger partial charge in [0.05, 0.1) is 12.6 Å². The van der Waals surface area contributed by atoms with Crippen LogP contribution in [0.2, 0.25) is 0 Å². The van der Waals surface area contributed by atoms with Gasteiger partial charge in [0.2, 0.25) is 0 Å². The van der Waals surface area contributed by atoms with Crippen LogP contribution in [0.4, 0.5) is 4.79 Å². The van der Waals surface area contributed by atoms with Gasteiger partial charge in [0, 0.05) is 13.0 Å². The molecule has 0 radical (unpaired) electrons. The molecule has 3 atom stereocenters. The summed E-state index contributed by atoms with van der Waals surface area (Å²) >= 11 is 0. The highest BCUT2D eigenvalue weighted by molar-refractivity contribution is 5.96. The van der Waals surface area contributed by atoms with Gasteiger partial charge in [0.1, 0.15) is 6.04 Å². The van der Waals surface area contributed by atoms with Crippen molar-refractivity contribution in [1.82, 2.24) is 10.2 Å². The summed E-state index contributed by atoms with van der Waals surface area (Å²) in [5.74, 6) is -2.15. The monoisotopic (exact) mass is 632 g/mol. The minimum absolute atomic E-state index is 0.0816. The Balaban J connectivity index is 1.46. The molecule has 0 saturated carbocycles. The molecule has 242 valence electrons. The Morgan fingerprint density at radius 3 is 2.02 bits per heavy atom. The van der Waals surface area contributed by atoms with Crippen molar-refractivity contribution >= 4 is 39.5 Å². The van der Waals surface area contributed by atoms with E-state index in [9.17, 15) is 24.6 Å². The molecule has 2 amide bonds. The number of aliphatic hydroxyl groups is 1. The number of carboxylic acids is 1. The van der Waals surface area contributed by atoms with Crippen LogP contribution in [-0.4, -0.2) is 58.4 Å². The van der Waals surface area contributed by atoms with Gasteiger partial charge in [-0.05, 0) is 56.6 Å². The highest BCUT2D eigenvalue weighted by Gasteiger charge is 2.38. The second-order valence-electron chi connectivity index (χ2n) is 12.0. The number of hydrogen-bond donors (Lipinski definition) is 3. The van der Waals surface area contributed by atoms with Crippen LogP contribution in [0.25, 0.3) is 32.7 Å². The number of hydrogen-bond acceptors (Lipinski definition) is 5. The predicted octanol–water partition coefficient (Wildman–Crippen LogP) is 6.99. The fourth-order valence-electron chi connectivity index (χ4n) is 6.07. The number of aliphatic hydroxyl groups excluding tert-OH is 1. The predicted molar refractivity (Wildman–Crippen MR) is 184 cm³/mol. The maximum Gasteiger partial charge on any atom is 0.335 e. The lowest BCUT2D eigenvalue weighted by Gasteiger charge is -2.36. The first-order valence-corrected chi connectivity index (χ1v) is 15.9. The largest absolute Gasteiger partial charge is 0.479 e. The quantitative estimate of drug-likeness (QED) is 0.128. The molecule has 0 aromatic heterocycles. The first-order valence-electron chi connectivity index (χ1n) is 15.9. The summed E-state index contributed by atoms with van der Waals surface area (Å²) in [6, 6.07) is 32.0. The van der Waals surface area contributed by atoms with Gasteiger partial charge in [-0.2, -0.15) is 0 Å². The van der Waals surface area contributed by atoms with Gasteiger partial charge in [-0.1, -0.05) is 123 Å². The molecule has 0 aliphatic heterocycles. The molecule has 5 aromatic rings. The average molecular weight is 633 g/mol. The number of urea groups is 1. The molecule has 3 N–H and O–H groups in total. The van der Waals surface area contributed by atoms with Gasteiger partial charge in [-0.3, -0.25) is 0 Å². The fraction of sp³-hybridized carbons (Fsp3) is 0.256. The van der Waals surface area contributed by atoms with Gasteiger partial charge in [0.15, 0.2) is 6.10 Å². The summed E-state index contributed by atoms with van der Waals surface area (Å²) in [6.45, 7) is 5.74. The Kier molecular flexibility index (Phi) is 10.5. The molecule has 8 nitrogen and oxygen atoms in total. The maximum atomic E-state index is 14.1. The Bertz CT molecular complexity index is 1860. The molecule has 0 bridgehead atoms. The van der Waals surface area contributed by atoms with Crippen LogP contribution in [-0.2, 0) is 20.7 Å². The summed E-state index contributed by atoms with van der Waals surface area (Å²) in [4.78, 5) is 40.9. The van der Waals surface area contributed by atoms with Crippen molar-refractivity contribution in [3.8, 4) is 11.1 Å². The molecular weight excluding hydrogens is 592 g/mol. The summed E-state index contributed by atoms with van der Waals surface area (Å²) < 4.78 is 5.35. The van der Waals surface area contributed by atoms with Crippen molar-refractivity contribution in [2.45, 2.75) is 45.4 Å². The second-order valence-corrected chi connectivity index (χ2v) is 12.0. The van der Waals surface area contributed by atoms with E-state index in [2.05, 4.69) is 29.6 Å². The number of benzene rings is 5. The zero-order chi connectivity index (χ0) is 33.5. The van der Waals surface area contributed by atoms with Crippen LogP contribution in [0.5, 0.6) is 0 Å². The first-order chi connectivity index (χ1) is 22.7. The lowest BCUT2D eigenvalue weighted by atomic mass is 9.93. The highest BCUT2D eigenvalue weighted by Crippen LogP contribution is 2.33. The number of rotatable bonds is 12. The Hall–Kier alpha value is -5.21. The maximum absolute atomic E-state index is 14.1. The van der Waals surface area contributed by atoms with E-state index in [1.807, 2.05) is 86.6 Å². The smallest absolute Gasteiger partial charge is 0.335 e.